The molecule has 0 aromatic heterocycles. The highest BCUT2D eigenvalue weighted by Gasteiger charge is 2.12. The van der Waals surface area contributed by atoms with E-state index in [1.807, 2.05) is 0 Å². The highest BCUT2D eigenvalue weighted by atomic mass is 127. The third-order valence-electron chi connectivity index (χ3n) is 4.91. The molecule has 1 fully saturated rings. The van der Waals surface area contributed by atoms with Gasteiger partial charge in [0.2, 0.25) is 0 Å². The summed E-state index contributed by atoms with van der Waals surface area (Å²) in [6, 6.07) is 1.21. The second-order valence-electron chi connectivity index (χ2n) is 7.72. The molecule has 0 spiro atoms. The van der Waals surface area contributed by atoms with E-state index in [0.717, 1.165) is 38.6 Å². The van der Waals surface area contributed by atoms with E-state index in [9.17, 15) is 0 Å². The number of likely N-dealkylation sites (tertiary alicyclic amines) is 1. The van der Waals surface area contributed by atoms with Crippen molar-refractivity contribution in [1.82, 2.24) is 20.4 Å². The van der Waals surface area contributed by atoms with E-state index >= 15 is 0 Å². The van der Waals surface area contributed by atoms with Gasteiger partial charge in [0.25, 0.3) is 0 Å². The number of halogens is 1. The lowest BCUT2D eigenvalue weighted by atomic mass is 10.2. The maximum absolute atomic E-state index is 4.74. The molecule has 0 aromatic rings. The molecule has 2 N–H and O–H groups in total. The number of hydrogen-bond donors (Lipinski definition) is 2. The average molecular weight is 482 g/mol. The second-order valence-corrected chi connectivity index (χ2v) is 7.72. The lowest BCUT2D eigenvalue weighted by molar-refractivity contribution is 0.174. The van der Waals surface area contributed by atoms with Crippen molar-refractivity contribution in [3.8, 4) is 0 Å². The Bertz CT molecular complexity index is 346. The van der Waals surface area contributed by atoms with Crippen LogP contribution in [0.15, 0.2) is 4.99 Å². The fourth-order valence-corrected chi connectivity index (χ4v) is 3.57. The molecule has 1 rings (SSSR count). The van der Waals surface area contributed by atoms with Crippen LogP contribution in [0.4, 0.5) is 0 Å². The standard InChI is InChI=1S/C20H43N5.HI/c1-6-21-20(22-12-7-8-14-24-15-9-10-16-24)23-13-11-17-25(18(2)3)19(4)5;/h18-19H,6-17H2,1-5H3,(H2,21,22,23);1H. The highest BCUT2D eigenvalue weighted by molar-refractivity contribution is 14.0. The zero-order valence-electron chi connectivity index (χ0n) is 17.9. The van der Waals surface area contributed by atoms with Crippen molar-refractivity contribution >= 4 is 29.9 Å². The first kappa shape index (κ1) is 25.9. The minimum Gasteiger partial charge on any atom is -0.357 e. The van der Waals surface area contributed by atoms with Gasteiger partial charge < -0.3 is 15.5 Å². The lowest BCUT2D eigenvalue weighted by Crippen LogP contribution is -2.39. The van der Waals surface area contributed by atoms with E-state index in [2.05, 4.69) is 55.1 Å². The fraction of sp³-hybridized carbons (Fsp3) is 0.950. The van der Waals surface area contributed by atoms with Crippen molar-refractivity contribution in [2.24, 2.45) is 4.99 Å². The number of rotatable bonds is 12. The lowest BCUT2D eigenvalue weighted by Gasteiger charge is -2.30. The molecule has 1 aliphatic heterocycles. The Morgan fingerprint density at radius 3 is 2.23 bits per heavy atom. The van der Waals surface area contributed by atoms with Crippen LogP contribution in [-0.4, -0.2) is 73.7 Å². The van der Waals surface area contributed by atoms with Crippen LogP contribution in [0.5, 0.6) is 0 Å². The molecule has 1 saturated heterocycles. The van der Waals surface area contributed by atoms with Crippen molar-refractivity contribution in [3.05, 3.63) is 0 Å². The summed E-state index contributed by atoms with van der Waals surface area (Å²) in [4.78, 5) is 9.86. The Morgan fingerprint density at radius 2 is 1.65 bits per heavy atom. The molecule has 0 bridgehead atoms. The molecule has 0 saturated carbocycles. The van der Waals surface area contributed by atoms with Crippen LogP contribution in [0.1, 0.15) is 66.7 Å². The van der Waals surface area contributed by atoms with Gasteiger partial charge in [-0.05, 0) is 86.4 Å². The molecule has 5 nitrogen and oxygen atoms in total. The van der Waals surface area contributed by atoms with Gasteiger partial charge >= 0.3 is 0 Å². The van der Waals surface area contributed by atoms with Gasteiger partial charge in [0, 0.05) is 38.3 Å². The quantitative estimate of drug-likeness (QED) is 0.194. The van der Waals surface area contributed by atoms with Gasteiger partial charge in [0.05, 0.1) is 0 Å². The zero-order valence-corrected chi connectivity index (χ0v) is 20.2. The Morgan fingerprint density at radius 1 is 1.00 bits per heavy atom. The van der Waals surface area contributed by atoms with E-state index in [-0.39, 0.29) is 24.0 Å². The minimum atomic E-state index is 0. The van der Waals surface area contributed by atoms with Crippen LogP contribution in [0.3, 0.4) is 0 Å². The Labute approximate surface area is 179 Å². The van der Waals surface area contributed by atoms with Gasteiger partial charge in [0.1, 0.15) is 0 Å². The first-order valence-corrected chi connectivity index (χ1v) is 10.5. The molecule has 1 aliphatic rings. The summed E-state index contributed by atoms with van der Waals surface area (Å²) in [7, 11) is 0. The normalized spacial score (nSPS) is 15.8. The van der Waals surface area contributed by atoms with Crippen LogP contribution in [0.2, 0.25) is 0 Å². The SMILES string of the molecule is CCNC(=NCCCN(C(C)C)C(C)C)NCCCCN1CCCC1.I. The third kappa shape index (κ3) is 11.6. The second kappa shape index (κ2) is 15.9. The molecule has 0 aromatic carbocycles. The summed E-state index contributed by atoms with van der Waals surface area (Å²) in [5, 5.41) is 6.85. The first-order valence-electron chi connectivity index (χ1n) is 10.5. The van der Waals surface area contributed by atoms with Gasteiger partial charge in [-0.25, -0.2) is 0 Å². The first-order chi connectivity index (χ1) is 12.0. The Hall–Kier alpha value is -0.0800. The number of guanidine groups is 1. The topological polar surface area (TPSA) is 42.9 Å². The molecular formula is C20H44IN5. The van der Waals surface area contributed by atoms with Crippen molar-refractivity contribution in [3.63, 3.8) is 0 Å². The van der Waals surface area contributed by atoms with Crippen molar-refractivity contribution in [2.45, 2.75) is 78.8 Å². The van der Waals surface area contributed by atoms with Gasteiger partial charge in [-0.15, -0.1) is 24.0 Å². The molecule has 26 heavy (non-hydrogen) atoms. The number of hydrogen-bond acceptors (Lipinski definition) is 3. The van der Waals surface area contributed by atoms with Crippen LogP contribution >= 0.6 is 24.0 Å². The maximum Gasteiger partial charge on any atom is 0.191 e. The summed E-state index contributed by atoms with van der Waals surface area (Å²) in [5.74, 6) is 0.976. The van der Waals surface area contributed by atoms with E-state index in [4.69, 9.17) is 4.99 Å². The highest BCUT2D eigenvalue weighted by Crippen LogP contribution is 2.08. The molecule has 6 heteroatoms. The summed E-state index contributed by atoms with van der Waals surface area (Å²) in [6.45, 7) is 19.0. The Balaban J connectivity index is 0.00000625. The van der Waals surface area contributed by atoms with Crippen molar-refractivity contribution < 1.29 is 0 Å². The van der Waals surface area contributed by atoms with E-state index < -0.39 is 0 Å². The average Bonchev–Trinajstić information content (AvgIpc) is 3.06. The minimum absolute atomic E-state index is 0. The van der Waals surface area contributed by atoms with E-state index in [0.29, 0.717) is 12.1 Å². The van der Waals surface area contributed by atoms with E-state index in [1.54, 1.807) is 0 Å². The van der Waals surface area contributed by atoms with Crippen molar-refractivity contribution in [2.75, 3.05) is 45.8 Å². The monoisotopic (exact) mass is 481 g/mol. The van der Waals surface area contributed by atoms with Crippen LogP contribution in [0, 0.1) is 0 Å². The maximum atomic E-state index is 4.74. The molecule has 0 atom stereocenters. The predicted molar refractivity (Wildman–Crippen MR) is 126 cm³/mol. The molecule has 0 radical (unpaired) electrons. The summed E-state index contributed by atoms with van der Waals surface area (Å²) in [5.41, 5.74) is 0. The van der Waals surface area contributed by atoms with Gasteiger partial charge in [-0.1, -0.05) is 0 Å². The zero-order chi connectivity index (χ0) is 18.5. The molecule has 1 heterocycles. The van der Waals surface area contributed by atoms with Gasteiger partial charge in [-0.2, -0.15) is 0 Å². The van der Waals surface area contributed by atoms with Crippen LogP contribution in [-0.2, 0) is 0 Å². The third-order valence-corrected chi connectivity index (χ3v) is 4.91. The number of aliphatic imine (C=N–C) groups is 1. The molecule has 0 aliphatic carbocycles. The summed E-state index contributed by atoms with van der Waals surface area (Å²) < 4.78 is 0. The Kier molecular flexibility index (Phi) is 15.9. The predicted octanol–water partition coefficient (Wildman–Crippen LogP) is 3.54. The van der Waals surface area contributed by atoms with E-state index in [1.165, 1.54) is 45.3 Å². The molecule has 0 amide bonds. The summed E-state index contributed by atoms with van der Waals surface area (Å²) >= 11 is 0. The molecular weight excluding hydrogens is 437 g/mol. The smallest absolute Gasteiger partial charge is 0.191 e. The van der Waals surface area contributed by atoms with Crippen molar-refractivity contribution in [1.29, 1.82) is 0 Å². The number of nitrogens with one attached hydrogen (secondary N) is 2. The molecule has 156 valence electrons. The fourth-order valence-electron chi connectivity index (χ4n) is 3.57. The summed E-state index contributed by atoms with van der Waals surface area (Å²) in [6.07, 6.45) is 6.39. The largest absolute Gasteiger partial charge is 0.357 e. The number of unbranched alkanes of at least 4 members (excludes halogenated alkanes) is 1. The van der Waals surface area contributed by atoms with Gasteiger partial charge in [-0.3, -0.25) is 9.89 Å². The number of nitrogens with zero attached hydrogens (tertiary/aromatic N) is 3. The van der Waals surface area contributed by atoms with Crippen LogP contribution < -0.4 is 10.6 Å². The molecule has 0 unspecified atom stereocenters. The van der Waals surface area contributed by atoms with Gasteiger partial charge in [0.15, 0.2) is 5.96 Å². The van der Waals surface area contributed by atoms with Crippen LogP contribution in [0.25, 0.3) is 0 Å².